The van der Waals surface area contributed by atoms with Crippen molar-refractivity contribution in [2.45, 2.75) is 32.5 Å². The molecule has 3 nitrogen and oxygen atoms in total. The van der Waals surface area contributed by atoms with Gasteiger partial charge in [-0.1, -0.05) is 6.92 Å². The fourth-order valence-corrected chi connectivity index (χ4v) is 1.75. The molecule has 0 aliphatic heterocycles. The van der Waals surface area contributed by atoms with E-state index in [4.69, 9.17) is 11.1 Å². The SMILES string of the molecule is CCC(C)N(C)c1ccc(C(F)(F)F)c(C(=N)N)c1. The standard InChI is InChI=1S/C13H18F3N3/c1-4-8(2)19(3)9-5-6-11(13(14,15)16)10(7-9)12(17)18/h5-8H,4H2,1-3H3,(H3,17,18). The molecule has 19 heavy (non-hydrogen) atoms. The van der Waals surface area contributed by atoms with Gasteiger partial charge in [-0.3, -0.25) is 5.41 Å². The highest BCUT2D eigenvalue weighted by Crippen LogP contribution is 2.34. The lowest BCUT2D eigenvalue weighted by atomic mass is 10.0. The maximum Gasteiger partial charge on any atom is 0.417 e. The third-order valence-electron chi connectivity index (χ3n) is 3.26. The van der Waals surface area contributed by atoms with Crippen LogP contribution in [0, 0.1) is 5.41 Å². The number of hydrogen-bond donors (Lipinski definition) is 2. The van der Waals surface area contributed by atoms with Crippen molar-refractivity contribution in [2.24, 2.45) is 5.73 Å². The van der Waals surface area contributed by atoms with Gasteiger partial charge in [0.1, 0.15) is 5.84 Å². The highest BCUT2D eigenvalue weighted by Gasteiger charge is 2.34. The molecule has 0 aliphatic rings. The second-order valence-electron chi connectivity index (χ2n) is 4.51. The summed E-state index contributed by atoms with van der Waals surface area (Å²) < 4.78 is 38.4. The number of halogens is 3. The second kappa shape index (κ2) is 5.50. The summed E-state index contributed by atoms with van der Waals surface area (Å²) in [5.74, 6) is -0.577. The number of anilines is 1. The highest BCUT2D eigenvalue weighted by molar-refractivity contribution is 5.97. The quantitative estimate of drug-likeness (QED) is 0.653. The summed E-state index contributed by atoms with van der Waals surface area (Å²) >= 11 is 0. The summed E-state index contributed by atoms with van der Waals surface area (Å²) in [6, 6.07) is 3.89. The molecule has 1 atom stereocenters. The fraction of sp³-hybridized carbons (Fsp3) is 0.462. The van der Waals surface area contributed by atoms with E-state index in [-0.39, 0.29) is 11.6 Å². The van der Waals surface area contributed by atoms with Gasteiger partial charge in [0.05, 0.1) is 5.56 Å². The van der Waals surface area contributed by atoms with Crippen LogP contribution in [-0.4, -0.2) is 18.9 Å². The maximum atomic E-state index is 12.8. The van der Waals surface area contributed by atoms with E-state index in [0.717, 1.165) is 12.5 Å². The molecular weight excluding hydrogens is 255 g/mol. The molecule has 0 bridgehead atoms. The van der Waals surface area contributed by atoms with E-state index in [1.807, 2.05) is 18.7 Å². The van der Waals surface area contributed by atoms with Crippen LogP contribution in [-0.2, 0) is 6.18 Å². The van der Waals surface area contributed by atoms with Crippen LogP contribution < -0.4 is 10.6 Å². The van der Waals surface area contributed by atoms with Gasteiger partial charge in [0.2, 0.25) is 0 Å². The molecule has 3 N–H and O–H groups in total. The maximum absolute atomic E-state index is 12.8. The van der Waals surface area contributed by atoms with E-state index in [9.17, 15) is 13.2 Å². The van der Waals surface area contributed by atoms with Crippen molar-refractivity contribution < 1.29 is 13.2 Å². The lowest BCUT2D eigenvalue weighted by Crippen LogP contribution is -2.29. The largest absolute Gasteiger partial charge is 0.417 e. The van der Waals surface area contributed by atoms with Gasteiger partial charge in [0.15, 0.2) is 0 Å². The first kappa shape index (κ1) is 15.3. The van der Waals surface area contributed by atoms with Crippen molar-refractivity contribution >= 4 is 11.5 Å². The predicted octanol–water partition coefficient (Wildman–Crippen LogP) is 3.22. The number of alkyl halides is 3. The first-order chi connectivity index (χ1) is 8.68. The van der Waals surface area contributed by atoms with Crippen LogP contribution in [0.25, 0.3) is 0 Å². The Bertz CT molecular complexity index is 469. The van der Waals surface area contributed by atoms with Crippen molar-refractivity contribution in [1.82, 2.24) is 0 Å². The normalized spacial score (nSPS) is 13.2. The molecule has 1 aromatic rings. The smallest absolute Gasteiger partial charge is 0.384 e. The number of nitrogens with one attached hydrogen (secondary N) is 1. The van der Waals surface area contributed by atoms with Crippen LogP contribution in [0.1, 0.15) is 31.4 Å². The lowest BCUT2D eigenvalue weighted by molar-refractivity contribution is -0.137. The highest BCUT2D eigenvalue weighted by atomic mass is 19.4. The van der Waals surface area contributed by atoms with Crippen LogP contribution in [0.2, 0.25) is 0 Å². The van der Waals surface area contributed by atoms with Crippen LogP contribution in [0.3, 0.4) is 0 Å². The minimum absolute atomic E-state index is 0.191. The van der Waals surface area contributed by atoms with Crippen molar-refractivity contribution in [1.29, 1.82) is 5.41 Å². The van der Waals surface area contributed by atoms with Crippen molar-refractivity contribution in [2.75, 3.05) is 11.9 Å². The molecule has 1 rings (SSSR count). The van der Waals surface area contributed by atoms with E-state index in [1.54, 1.807) is 7.05 Å². The minimum Gasteiger partial charge on any atom is -0.384 e. The van der Waals surface area contributed by atoms with Gasteiger partial charge < -0.3 is 10.6 Å². The molecule has 0 amide bonds. The molecule has 0 saturated heterocycles. The summed E-state index contributed by atoms with van der Waals surface area (Å²) in [5, 5.41) is 7.31. The van der Waals surface area contributed by atoms with Gasteiger partial charge in [-0.2, -0.15) is 13.2 Å². The molecule has 106 valence electrons. The van der Waals surface area contributed by atoms with Gasteiger partial charge in [-0.25, -0.2) is 0 Å². The molecule has 0 heterocycles. The van der Waals surface area contributed by atoms with Gasteiger partial charge in [-0.15, -0.1) is 0 Å². The van der Waals surface area contributed by atoms with Crippen LogP contribution in [0.5, 0.6) is 0 Å². The Morgan fingerprint density at radius 1 is 1.42 bits per heavy atom. The number of nitrogens with zero attached hydrogens (tertiary/aromatic N) is 1. The van der Waals surface area contributed by atoms with Crippen molar-refractivity contribution in [3.63, 3.8) is 0 Å². The van der Waals surface area contributed by atoms with Crippen LogP contribution >= 0.6 is 0 Å². The Morgan fingerprint density at radius 3 is 2.42 bits per heavy atom. The van der Waals surface area contributed by atoms with E-state index >= 15 is 0 Å². The second-order valence-corrected chi connectivity index (χ2v) is 4.51. The molecule has 0 aliphatic carbocycles. The molecule has 0 saturated carbocycles. The Labute approximate surface area is 110 Å². The monoisotopic (exact) mass is 273 g/mol. The lowest BCUT2D eigenvalue weighted by Gasteiger charge is -2.27. The third-order valence-corrected chi connectivity index (χ3v) is 3.26. The minimum atomic E-state index is -4.51. The zero-order valence-corrected chi connectivity index (χ0v) is 11.2. The number of nitrogen functional groups attached to an aromatic ring is 1. The summed E-state index contributed by atoms with van der Waals surface area (Å²) in [6.45, 7) is 3.97. The number of nitrogens with two attached hydrogens (primary N) is 1. The number of benzene rings is 1. The average molecular weight is 273 g/mol. The molecular formula is C13H18F3N3. The van der Waals surface area contributed by atoms with Gasteiger partial charge >= 0.3 is 6.18 Å². The van der Waals surface area contributed by atoms with E-state index in [0.29, 0.717) is 5.69 Å². The molecule has 1 aromatic carbocycles. The van der Waals surface area contributed by atoms with Crippen molar-refractivity contribution in [3.8, 4) is 0 Å². The Balaban J connectivity index is 3.28. The summed E-state index contributed by atoms with van der Waals surface area (Å²) in [7, 11) is 1.81. The van der Waals surface area contributed by atoms with E-state index in [1.165, 1.54) is 12.1 Å². The number of rotatable bonds is 4. The molecule has 0 spiro atoms. The first-order valence-electron chi connectivity index (χ1n) is 5.97. The van der Waals surface area contributed by atoms with E-state index < -0.39 is 17.6 Å². The summed E-state index contributed by atoms with van der Waals surface area (Å²) in [4.78, 5) is 1.87. The topological polar surface area (TPSA) is 53.1 Å². The third kappa shape index (κ3) is 3.39. The van der Waals surface area contributed by atoms with Crippen LogP contribution in [0.4, 0.5) is 18.9 Å². The van der Waals surface area contributed by atoms with Gasteiger partial charge in [-0.05, 0) is 31.5 Å². The molecule has 1 unspecified atom stereocenters. The van der Waals surface area contributed by atoms with Crippen LogP contribution in [0.15, 0.2) is 18.2 Å². The summed E-state index contributed by atoms with van der Waals surface area (Å²) in [6.07, 6.45) is -3.64. The van der Waals surface area contributed by atoms with Gasteiger partial charge in [0.25, 0.3) is 0 Å². The predicted molar refractivity (Wildman–Crippen MR) is 70.6 cm³/mol. The molecule has 0 aromatic heterocycles. The zero-order valence-electron chi connectivity index (χ0n) is 11.2. The number of amidine groups is 1. The Kier molecular flexibility index (Phi) is 4.44. The fourth-order valence-electron chi connectivity index (χ4n) is 1.75. The molecule has 0 fully saturated rings. The van der Waals surface area contributed by atoms with Gasteiger partial charge in [0, 0.05) is 24.3 Å². The summed E-state index contributed by atoms with van der Waals surface area (Å²) in [5.41, 5.74) is 4.72. The molecule has 0 radical (unpaired) electrons. The van der Waals surface area contributed by atoms with E-state index in [2.05, 4.69) is 0 Å². The zero-order chi connectivity index (χ0) is 14.8. The Hall–Kier alpha value is -1.72. The molecule has 6 heteroatoms. The first-order valence-corrected chi connectivity index (χ1v) is 5.97. The average Bonchev–Trinajstić information content (AvgIpc) is 2.35. The van der Waals surface area contributed by atoms with Crippen molar-refractivity contribution in [3.05, 3.63) is 29.3 Å². The number of hydrogen-bond acceptors (Lipinski definition) is 2. The Morgan fingerprint density at radius 2 is 2.00 bits per heavy atom.